The lowest BCUT2D eigenvalue weighted by molar-refractivity contribution is 0.326. The minimum Gasteiger partial charge on any atom is -0.477 e. The van der Waals surface area contributed by atoms with Crippen LogP contribution in [0, 0.1) is 11.3 Å². The number of nitrogens with zero attached hydrogens (tertiary/aromatic N) is 4. The molecule has 0 unspecified atom stereocenters. The average molecular weight is 306 g/mol. The van der Waals surface area contributed by atoms with E-state index in [0.717, 1.165) is 16.7 Å². The molecule has 0 amide bonds. The summed E-state index contributed by atoms with van der Waals surface area (Å²) in [6.07, 6.45) is 3.28. The van der Waals surface area contributed by atoms with E-state index in [1.54, 1.807) is 18.5 Å². The van der Waals surface area contributed by atoms with Gasteiger partial charge in [-0.1, -0.05) is 0 Å². The molecule has 0 fully saturated rings. The van der Waals surface area contributed by atoms with Crippen molar-refractivity contribution < 1.29 is 4.74 Å². The number of nitrogens with two attached hydrogens (primary N) is 1. The van der Waals surface area contributed by atoms with Gasteiger partial charge in [0.25, 0.3) is 0 Å². The molecule has 0 radical (unpaired) electrons. The van der Waals surface area contributed by atoms with Crippen molar-refractivity contribution in [2.75, 3.05) is 17.7 Å². The molecular weight excluding hydrogens is 292 g/mol. The van der Waals surface area contributed by atoms with Gasteiger partial charge in [-0.15, -0.1) is 0 Å². The number of benzene rings is 1. The monoisotopic (exact) mass is 306 g/mol. The standard InChI is InChI=1S/C16H14N6O/c1-2-23-16-11(9-17)12(18)8-15(22-16)21-10-3-4-13-14(7-10)20-6-5-19-13/h3-8H,2H2,1H3,(H3,18,21,22). The lowest BCUT2D eigenvalue weighted by atomic mass is 10.2. The zero-order chi connectivity index (χ0) is 16.2. The van der Waals surface area contributed by atoms with Crippen molar-refractivity contribution in [2.45, 2.75) is 6.92 Å². The van der Waals surface area contributed by atoms with E-state index in [-0.39, 0.29) is 11.4 Å². The van der Waals surface area contributed by atoms with Crippen molar-refractivity contribution in [1.29, 1.82) is 5.26 Å². The maximum absolute atomic E-state index is 9.14. The minimum absolute atomic E-state index is 0.220. The molecule has 0 atom stereocenters. The molecule has 0 saturated carbocycles. The van der Waals surface area contributed by atoms with Crippen molar-refractivity contribution in [3.8, 4) is 11.9 Å². The van der Waals surface area contributed by atoms with Gasteiger partial charge in [-0.25, -0.2) is 0 Å². The Kier molecular flexibility index (Phi) is 3.89. The summed E-state index contributed by atoms with van der Waals surface area (Å²) >= 11 is 0. The average Bonchev–Trinajstić information content (AvgIpc) is 2.55. The number of nitrogens with one attached hydrogen (secondary N) is 1. The van der Waals surface area contributed by atoms with Crippen molar-refractivity contribution in [3.63, 3.8) is 0 Å². The fraction of sp³-hybridized carbons (Fsp3) is 0.125. The molecule has 1 aromatic carbocycles. The van der Waals surface area contributed by atoms with Gasteiger partial charge in [0, 0.05) is 24.1 Å². The Morgan fingerprint density at radius 3 is 2.74 bits per heavy atom. The van der Waals surface area contributed by atoms with Crippen LogP contribution in [0.25, 0.3) is 11.0 Å². The lowest BCUT2D eigenvalue weighted by Gasteiger charge is -2.11. The van der Waals surface area contributed by atoms with Crippen molar-refractivity contribution in [3.05, 3.63) is 42.2 Å². The Bertz CT molecular complexity index is 903. The molecule has 2 aromatic heterocycles. The van der Waals surface area contributed by atoms with Gasteiger partial charge in [0.2, 0.25) is 5.88 Å². The Morgan fingerprint density at radius 1 is 1.22 bits per heavy atom. The Labute approximate surface area is 132 Å². The Hall–Kier alpha value is -3.40. The highest BCUT2D eigenvalue weighted by molar-refractivity contribution is 5.79. The van der Waals surface area contributed by atoms with E-state index < -0.39 is 0 Å². The van der Waals surface area contributed by atoms with Crippen molar-refractivity contribution in [1.82, 2.24) is 15.0 Å². The normalized spacial score (nSPS) is 10.3. The van der Waals surface area contributed by atoms with Gasteiger partial charge in [-0.3, -0.25) is 9.97 Å². The van der Waals surface area contributed by atoms with Gasteiger partial charge < -0.3 is 15.8 Å². The zero-order valence-corrected chi connectivity index (χ0v) is 12.4. The summed E-state index contributed by atoms with van der Waals surface area (Å²) in [5.74, 6) is 0.714. The molecule has 3 rings (SSSR count). The highest BCUT2D eigenvalue weighted by Gasteiger charge is 2.12. The smallest absolute Gasteiger partial charge is 0.235 e. The molecule has 0 aliphatic heterocycles. The summed E-state index contributed by atoms with van der Waals surface area (Å²) < 4.78 is 5.38. The van der Waals surface area contributed by atoms with Gasteiger partial charge in [0.15, 0.2) is 0 Å². The predicted molar refractivity (Wildman–Crippen MR) is 87.4 cm³/mol. The fourth-order valence-corrected chi connectivity index (χ4v) is 2.15. The second kappa shape index (κ2) is 6.15. The van der Waals surface area contributed by atoms with Crippen LogP contribution in [-0.2, 0) is 0 Å². The van der Waals surface area contributed by atoms with E-state index in [0.29, 0.717) is 18.1 Å². The summed E-state index contributed by atoms with van der Waals surface area (Å²) in [4.78, 5) is 12.8. The fourth-order valence-electron chi connectivity index (χ4n) is 2.15. The first kappa shape index (κ1) is 14.5. The largest absolute Gasteiger partial charge is 0.477 e. The molecular formula is C16H14N6O. The van der Waals surface area contributed by atoms with Crippen molar-refractivity contribution >= 4 is 28.2 Å². The number of rotatable bonds is 4. The molecule has 0 spiro atoms. The molecule has 114 valence electrons. The summed E-state index contributed by atoms with van der Waals surface area (Å²) in [5.41, 5.74) is 8.82. The third kappa shape index (κ3) is 2.96. The van der Waals surface area contributed by atoms with Gasteiger partial charge in [-0.2, -0.15) is 10.2 Å². The number of hydrogen-bond acceptors (Lipinski definition) is 7. The molecule has 0 bridgehead atoms. The van der Waals surface area contributed by atoms with Crippen LogP contribution in [-0.4, -0.2) is 21.6 Å². The van der Waals surface area contributed by atoms with Gasteiger partial charge in [0.1, 0.15) is 17.5 Å². The van der Waals surface area contributed by atoms with E-state index in [9.17, 15) is 0 Å². The summed E-state index contributed by atoms with van der Waals surface area (Å²) in [6.45, 7) is 2.22. The number of fused-ring (bicyclic) bond motifs is 1. The summed E-state index contributed by atoms with van der Waals surface area (Å²) in [7, 11) is 0. The number of ether oxygens (including phenoxy) is 1. The number of aromatic nitrogens is 3. The molecule has 0 aliphatic carbocycles. The minimum atomic E-state index is 0.220. The number of nitriles is 1. The molecule has 2 heterocycles. The van der Waals surface area contributed by atoms with Gasteiger partial charge in [-0.05, 0) is 25.1 Å². The quantitative estimate of drug-likeness (QED) is 0.762. The summed E-state index contributed by atoms with van der Waals surface area (Å²) in [6, 6.07) is 9.20. The zero-order valence-electron chi connectivity index (χ0n) is 12.4. The predicted octanol–water partition coefficient (Wildman–Crippen LogP) is 2.62. The van der Waals surface area contributed by atoms with Crippen LogP contribution in [0.1, 0.15) is 12.5 Å². The lowest BCUT2D eigenvalue weighted by Crippen LogP contribution is -2.04. The van der Waals surface area contributed by atoms with E-state index in [1.807, 2.05) is 31.2 Å². The van der Waals surface area contributed by atoms with Crippen LogP contribution in [0.4, 0.5) is 17.2 Å². The van der Waals surface area contributed by atoms with Gasteiger partial charge in [0.05, 0.1) is 23.3 Å². The Morgan fingerprint density at radius 2 is 2.00 bits per heavy atom. The van der Waals surface area contributed by atoms with Crippen molar-refractivity contribution in [2.24, 2.45) is 0 Å². The van der Waals surface area contributed by atoms with Crippen LogP contribution < -0.4 is 15.8 Å². The molecule has 3 aromatic rings. The second-order valence-corrected chi connectivity index (χ2v) is 4.71. The maximum Gasteiger partial charge on any atom is 0.235 e. The number of nitrogen functional groups attached to an aromatic ring is 1. The first-order chi connectivity index (χ1) is 11.2. The highest BCUT2D eigenvalue weighted by atomic mass is 16.5. The highest BCUT2D eigenvalue weighted by Crippen LogP contribution is 2.27. The van der Waals surface area contributed by atoms with E-state index in [2.05, 4.69) is 20.3 Å². The maximum atomic E-state index is 9.14. The van der Waals surface area contributed by atoms with Gasteiger partial charge >= 0.3 is 0 Å². The third-order valence-corrected chi connectivity index (χ3v) is 3.15. The van der Waals surface area contributed by atoms with Crippen LogP contribution in [0.15, 0.2) is 36.7 Å². The molecule has 0 aliphatic rings. The Balaban J connectivity index is 1.96. The van der Waals surface area contributed by atoms with E-state index in [1.165, 1.54) is 0 Å². The second-order valence-electron chi connectivity index (χ2n) is 4.71. The molecule has 3 N–H and O–H groups in total. The number of hydrogen-bond donors (Lipinski definition) is 2. The summed E-state index contributed by atoms with van der Waals surface area (Å²) in [5, 5.41) is 12.3. The SMILES string of the molecule is CCOc1nc(Nc2ccc3nccnc3c2)cc(N)c1C#N. The van der Waals surface area contributed by atoms with Crippen LogP contribution in [0.5, 0.6) is 5.88 Å². The molecule has 7 nitrogen and oxygen atoms in total. The first-order valence-corrected chi connectivity index (χ1v) is 7.02. The number of pyridine rings is 1. The van der Waals surface area contributed by atoms with Crippen LogP contribution in [0.3, 0.4) is 0 Å². The third-order valence-electron chi connectivity index (χ3n) is 3.15. The molecule has 23 heavy (non-hydrogen) atoms. The molecule has 0 saturated heterocycles. The van der Waals surface area contributed by atoms with E-state index >= 15 is 0 Å². The topological polar surface area (TPSA) is 110 Å². The first-order valence-electron chi connectivity index (χ1n) is 7.02. The number of anilines is 3. The van der Waals surface area contributed by atoms with Crippen LogP contribution in [0.2, 0.25) is 0 Å². The van der Waals surface area contributed by atoms with E-state index in [4.69, 9.17) is 15.7 Å². The van der Waals surface area contributed by atoms with Crippen LogP contribution >= 0.6 is 0 Å². The molecule has 7 heteroatoms.